The molecule has 1 heterocycles. The number of carbonyl (C=O) groups is 1. The zero-order valence-electron chi connectivity index (χ0n) is 12.0. The van der Waals surface area contributed by atoms with E-state index in [4.69, 9.17) is 4.74 Å². The van der Waals surface area contributed by atoms with Gasteiger partial charge < -0.3 is 15.0 Å². The number of rotatable bonds is 4. The molecule has 1 aliphatic rings. The molecule has 1 N–H and O–H groups in total. The number of ether oxygens (including phenoxy) is 1. The Morgan fingerprint density at radius 2 is 1.95 bits per heavy atom. The quantitative estimate of drug-likeness (QED) is 0.685. The van der Waals surface area contributed by atoms with Crippen LogP contribution in [-0.4, -0.2) is 48.5 Å². The Balaban J connectivity index is 1.67. The molecule has 1 fully saturated rings. The maximum Gasteiger partial charge on any atom is 0.317 e. The van der Waals surface area contributed by atoms with Gasteiger partial charge in [0.05, 0.1) is 12.2 Å². The normalized spacial score (nSPS) is 22.6. The third-order valence-electron chi connectivity index (χ3n) is 3.10. The van der Waals surface area contributed by atoms with Crippen molar-refractivity contribution in [1.82, 2.24) is 10.2 Å². The van der Waals surface area contributed by atoms with Gasteiger partial charge in [-0.2, -0.15) is 0 Å². The highest BCUT2D eigenvalue weighted by Gasteiger charge is 2.25. The number of benzene rings is 1. The molecule has 2 atom stereocenters. The standard InChI is InChI=1S/C15H22N2O2S/c1-12-10-17(11-13(2)19-12)15(18)16-8-9-20-14-6-4-3-5-7-14/h3-7,12-13H,8-11H2,1-2H3,(H,16,18). The number of morpholine rings is 1. The lowest BCUT2D eigenvalue weighted by atomic mass is 10.2. The third-order valence-corrected chi connectivity index (χ3v) is 4.11. The van der Waals surface area contributed by atoms with E-state index < -0.39 is 0 Å². The van der Waals surface area contributed by atoms with E-state index in [9.17, 15) is 4.79 Å². The summed E-state index contributed by atoms with van der Waals surface area (Å²) < 4.78 is 5.62. The molecular formula is C15H22N2O2S. The lowest BCUT2D eigenvalue weighted by molar-refractivity contribution is -0.0544. The second-order valence-corrected chi connectivity index (χ2v) is 6.22. The molecule has 0 aromatic heterocycles. The van der Waals surface area contributed by atoms with Crippen LogP contribution in [0.25, 0.3) is 0 Å². The van der Waals surface area contributed by atoms with Crippen LogP contribution in [0.5, 0.6) is 0 Å². The Bertz CT molecular complexity index is 417. The first-order valence-electron chi connectivity index (χ1n) is 7.01. The van der Waals surface area contributed by atoms with Gasteiger partial charge in [-0.3, -0.25) is 0 Å². The first-order valence-corrected chi connectivity index (χ1v) is 8.00. The molecule has 20 heavy (non-hydrogen) atoms. The van der Waals surface area contributed by atoms with Gasteiger partial charge in [0.25, 0.3) is 0 Å². The number of carbonyl (C=O) groups excluding carboxylic acids is 1. The minimum atomic E-state index is 0.0145. The average molecular weight is 294 g/mol. The number of nitrogens with one attached hydrogen (secondary N) is 1. The van der Waals surface area contributed by atoms with Crippen LogP contribution in [-0.2, 0) is 4.74 Å². The first-order chi connectivity index (χ1) is 9.65. The van der Waals surface area contributed by atoms with Crippen LogP contribution in [0.4, 0.5) is 4.79 Å². The summed E-state index contributed by atoms with van der Waals surface area (Å²) >= 11 is 1.75. The lowest BCUT2D eigenvalue weighted by Gasteiger charge is -2.35. The molecular weight excluding hydrogens is 272 g/mol. The minimum absolute atomic E-state index is 0.0145. The average Bonchev–Trinajstić information content (AvgIpc) is 2.43. The van der Waals surface area contributed by atoms with Gasteiger partial charge in [-0.1, -0.05) is 18.2 Å². The van der Waals surface area contributed by atoms with Gasteiger partial charge in [0.2, 0.25) is 0 Å². The highest BCUT2D eigenvalue weighted by Crippen LogP contribution is 2.16. The van der Waals surface area contributed by atoms with Crippen molar-refractivity contribution in [1.29, 1.82) is 0 Å². The van der Waals surface area contributed by atoms with Crippen molar-refractivity contribution >= 4 is 17.8 Å². The SMILES string of the molecule is CC1CN(C(=O)NCCSc2ccccc2)CC(C)O1. The molecule has 1 aromatic carbocycles. The molecule has 110 valence electrons. The van der Waals surface area contributed by atoms with Crippen molar-refractivity contribution in [2.45, 2.75) is 31.0 Å². The van der Waals surface area contributed by atoms with Crippen molar-refractivity contribution in [3.63, 3.8) is 0 Å². The van der Waals surface area contributed by atoms with E-state index in [0.717, 1.165) is 5.75 Å². The summed E-state index contributed by atoms with van der Waals surface area (Å²) in [5, 5.41) is 2.97. The highest BCUT2D eigenvalue weighted by molar-refractivity contribution is 7.99. The van der Waals surface area contributed by atoms with Gasteiger partial charge in [0, 0.05) is 30.3 Å². The Morgan fingerprint density at radius 3 is 2.60 bits per heavy atom. The summed E-state index contributed by atoms with van der Waals surface area (Å²) in [5.41, 5.74) is 0. The summed E-state index contributed by atoms with van der Waals surface area (Å²) in [6.45, 7) is 6.02. The van der Waals surface area contributed by atoms with Gasteiger partial charge in [0.1, 0.15) is 0 Å². The lowest BCUT2D eigenvalue weighted by Crippen LogP contribution is -2.51. The molecule has 0 saturated carbocycles. The van der Waals surface area contributed by atoms with Crippen LogP contribution in [0, 0.1) is 0 Å². The van der Waals surface area contributed by atoms with Crippen LogP contribution in [0.1, 0.15) is 13.8 Å². The second kappa shape index (κ2) is 7.55. The van der Waals surface area contributed by atoms with Gasteiger partial charge in [0.15, 0.2) is 0 Å². The Labute approximate surface area is 124 Å². The Hall–Kier alpha value is -1.20. The van der Waals surface area contributed by atoms with Crippen LogP contribution < -0.4 is 5.32 Å². The summed E-state index contributed by atoms with van der Waals surface area (Å²) in [4.78, 5) is 15.1. The summed E-state index contributed by atoms with van der Waals surface area (Å²) in [6.07, 6.45) is 0.228. The molecule has 1 aliphatic heterocycles. The van der Waals surface area contributed by atoms with Crippen LogP contribution in [0.3, 0.4) is 0 Å². The topological polar surface area (TPSA) is 41.6 Å². The van der Waals surface area contributed by atoms with Gasteiger partial charge >= 0.3 is 6.03 Å². The molecule has 0 radical (unpaired) electrons. The number of amides is 2. The summed E-state index contributed by atoms with van der Waals surface area (Å²) in [5.74, 6) is 0.880. The smallest absolute Gasteiger partial charge is 0.317 e. The van der Waals surface area contributed by atoms with E-state index in [1.807, 2.05) is 36.9 Å². The molecule has 0 aliphatic carbocycles. The molecule has 2 unspecified atom stereocenters. The largest absolute Gasteiger partial charge is 0.372 e. The summed E-state index contributed by atoms with van der Waals surface area (Å²) in [6, 6.07) is 10.2. The molecule has 1 saturated heterocycles. The van der Waals surface area contributed by atoms with E-state index >= 15 is 0 Å². The molecule has 4 nitrogen and oxygen atoms in total. The van der Waals surface area contributed by atoms with Crippen LogP contribution in [0.2, 0.25) is 0 Å². The van der Waals surface area contributed by atoms with Crippen LogP contribution in [0.15, 0.2) is 35.2 Å². The molecule has 2 rings (SSSR count). The van der Waals surface area contributed by atoms with E-state index in [0.29, 0.717) is 19.6 Å². The Morgan fingerprint density at radius 1 is 1.30 bits per heavy atom. The molecule has 2 amide bonds. The molecule has 1 aromatic rings. The van der Waals surface area contributed by atoms with Gasteiger partial charge in [-0.15, -0.1) is 11.8 Å². The van der Waals surface area contributed by atoms with E-state index in [2.05, 4.69) is 17.4 Å². The fourth-order valence-electron chi connectivity index (χ4n) is 2.30. The maximum atomic E-state index is 12.1. The maximum absolute atomic E-state index is 12.1. The highest BCUT2D eigenvalue weighted by atomic mass is 32.2. The third kappa shape index (κ3) is 4.72. The Kier molecular flexibility index (Phi) is 5.73. The minimum Gasteiger partial charge on any atom is -0.372 e. The predicted octanol–water partition coefficient (Wildman–Crippen LogP) is 2.60. The van der Waals surface area contributed by atoms with Crippen molar-refractivity contribution in [3.8, 4) is 0 Å². The number of hydrogen-bond donors (Lipinski definition) is 1. The number of nitrogens with zero attached hydrogens (tertiary/aromatic N) is 1. The zero-order chi connectivity index (χ0) is 14.4. The summed E-state index contributed by atoms with van der Waals surface area (Å²) in [7, 11) is 0. The fourth-order valence-corrected chi connectivity index (χ4v) is 3.09. The second-order valence-electron chi connectivity index (χ2n) is 5.06. The zero-order valence-corrected chi connectivity index (χ0v) is 12.9. The van der Waals surface area contributed by atoms with E-state index in [1.165, 1.54) is 4.90 Å². The van der Waals surface area contributed by atoms with Crippen LogP contribution >= 0.6 is 11.8 Å². The van der Waals surface area contributed by atoms with Crippen molar-refractivity contribution in [3.05, 3.63) is 30.3 Å². The fraction of sp³-hybridized carbons (Fsp3) is 0.533. The monoisotopic (exact) mass is 294 g/mol. The number of hydrogen-bond acceptors (Lipinski definition) is 3. The number of thioether (sulfide) groups is 1. The molecule has 0 bridgehead atoms. The first kappa shape index (κ1) is 15.2. The van der Waals surface area contributed by atoms with Gasteiger partial charge in [-0.05, 0) is 26.0 Å². The molecule has 5 heteroatoms. The van der Waals surface area contributed by atoms with Gasteiger partial charge in [-0.25, -0.2) is 4.79 Å². The van der Waals surface area contributed by atoms with Crippen molar-refractivity contribution in [2.24, 2.45) is 0 Å². The van der Waals surface area contributed by atoms with E-state index in [-0.39, 0.29) is 18.2 Å². The van der Waals surface area contributed by atoms with Crippen molar-refractivity contribution < 1.29 is 9.53 Å². The van der Waals surface area contributed by atoms with E-state index in [1.54, 1.807) is 11.8 Å². The van der Waals surface area contributed by atoms with Crippen molar-refractivity contribution in [2.75, 3.05) is 25.4 Å². The number of urea groups is 1. The predicted molar refractivity (Wildman–Crippen MR) is 82.1 cm³/mol. The molecule has 0 spiro atoms.